The summed E-state index contributed by atoms with van der Waals surface area (Å²) >= 11 is 5.97. The van der Waals surface area contributed by atoms with Gasteiger partial charge < -0.3 is 9.73 Å². The van der Waals surface area contributed by atoms with E-state index in [4.69, 9.17) is 16.0 Å². The molecule has 1 N–H and O–H groups in total. The predicted molar refractivity (Wildman–Crippen MR) is 122 cm³/mol. The van der Waals surface area contributed by atoms with Crippen LogP contribution in [0.3, 0.4) is 0 Å². The lowest BCUT2D eigenvalue weighted by molar-refractivity contribution is 0.102. The second-order valence-electron chi connectivity index (χ2n) is 7.02. The molecule has 2 heterocycles. The lowest BCUT2D eigenvalue weighted by Gasteiger charge is -2.09. The van der Waals surface area contributed by atoms with Crippen molar-refractivity contribution in [3.8, 4) is 16.9 Å². The minimum absolute atomic E-state index is 0.0610. The van der Waals surface area contributed by atoms with Crippen molar-refractivity contribution >= 4 is 34.2 Å². The van der Waals surface area contributed by atoms with Crippen LogP contribution < -0.4 is 10.9 Å². The van der Waals surface area contributed by atoms with Crippen LogP contribution in [0.2, 0.25) is 5.02 Å². The Bertz CT molecular complexity index is 1490. The van der Waals surface area contributed by atoms with Crippen molar-refractivity contribution in [3.63, 3.8) is 0 Å². The van der Waals surface area contributed by atoms with Gasteiger partial charge in [0.1, 0.15) is 11.1 Å². The number of hydrogen-bond donors (Lipinski definition) is 1. The van der Waals surface area contributed by atoms with Crippen LogP contribution in [0, 0.1) is 0 Å². The van der Waals surface area contributed by atoms with Crippen molar-refractivity contribution in [1.29, 1.82) is 0 Å². The minimum atomic E-state index is -0.687. The van der Waals surface area contributed by atoms with Gasteiger partial charge in [-0.3, -0.25) is 4.79 Å². The molecule has 0 aliphatic carbocycles. The highest BCUT2D eigenvalue weighted by Gasteiger charge is 2.14. The summed E-state index contributed by atoms with van der Waals surface area (Å²) in [6.45, 7) is 0. The first-order chi connectivity index (χ1) is 15.6. The number of halogens is 1. The molecule has 0 aliphatic heterocycles. The Morgan fingerprint density at radius 2 is 1.72 bits per heavy atom. The Balaban J connectivity index is 1.39. The molecule has 5 rings (SSSR count). The molecule has 5 aromatic rings. The second-order valence-corrected chi connectivity index (χ2v) is 7.46. The van der Waals surface area contributed by atoms with Crippen molar-refractivity contribution in [2.75, 3.05) is 5.32 Å². The summed E-state index contributed by atoms with van der Waals surface area (Å²) in [4.78, 5) is 24.9. The van der Waals surface area contributed by atoms with E-state index in [1.165, 1.54) is 6.07 Å². The minimum Gasteiger partial charge on any atom is -0.422 e. The maximum absolute atomic E-state index is 12.6. The van der Waals surface area contributed by atoms with Gasteiger partial charge >= 0.3 is 5.63 Å². The summed E-state index contributed by atoms with van der Waals surface area (Å²) in [5.74, 6) is -0.542. The summed E-state index contributed by atoms with van der Waals surface area (Å²) in [5, 5.41) is 12.2. The molecule has 1 amide bonds. The molecule has 0 unspecified atom stereocenters. The van der Waals surface area contributed by atoms with Crippen molar-refractivity contribution in [2.45, 2.75) is 0 Å². The van der Waals surface area contributed by atoms with Crippen molar-refractivity contribution in [2.24, 2.45) is 0 Å². The summed E-state index contributed by atoms with van der Waals surface area (Å²) < 4.78 is 6.93. The number of para-hydroxylation sites is 1. The van der Waals surface area contributed by atoms with Crippen LogP contribution >= 0.6 is 11.6 Å². The Hall–Kier alpha value is -4.23. The molecule has 0 fully saturated rings. The van der Waals surface area contributed by atoms with Gasteiger partial charge in [-0.05, 0) is 48.5 Å². The van der Waals surface area contributed by atoms with Crippen LogP contribution in [0.1, 0.15) is 10.4 Å². The number of carbonyl (C=O) groups is 1. The first-order valence-electron chi connectivity index (χ1n) is 9.70. The Morgan fingerprint density at radius 1 is 0.969 bits per heavy atom. The molecule has 0 bridgehead atoms. The lowest BCUT2D eigenvalue weighted by atomic mass is 10.1. The monoisotopic (exact) mass is 442 g/mol. The molecule has 0 aliphatic rings. The third-order valence-electron chi connectivity index (χ3n) is 4.95. The maximum Gasteiger partial charge on any atom is 0.349 e. The summed E-state index contributed by atoms with van der Waals surface area (Å²) in [6, 6.07) is 23.0. The number of benzene rings is 3. The number of carbonyl (C=O) groups excluding carboxylic acids is 1. The van der Waals surface area contributed by atoms with E-state index in [-0.39, 0.29) is 5.56 Å². The number of rotatable bonds is 4. The average Bonchev–Trinajstić information content (AvgIpc) is 3.29. The van der Waals surface area contributed by atoms with Gasteiger partial charge in [0.25, 0.3) is 5.91 Å². The van der Waals surface area contributed by atoms with Crippen LogP contribution in [0.25, 0.3) is 27.9 Å². The van der Waals surface area contributed by atoms with E-state index in [9.17, 15) is 9.59 Å². The van der Waals surface area contributed by atoms with E-state index in [2.05, 4.69) is 15.6 Å². The summed E-state index contributed by atoms with van der Waals surface area (Å²) in [6.07, 6.45) is 1.66. The van der Waals surface area contributed by atoms with Crippen LogP contribution in [-0.2, 0) is 0 Å². The van der Waals surface area contributed by atoms with Crippen LogP contribution in [0.5, 0.6) is 0 Å². The summed E-state index contributed by atoms with van der Waals surface area (Å²) in [7, 11) is 0. The normalized spacial score (nSPS) is 10.9. The number of fused-ring (bicyclic) bond motifs is 1. The smallest absolute Gasteiger partial charge is 0.349 e. The van der Waals surface area contributed by atoms with Gasteiger partial charge in [-0.25, -0.2) is 9.48 Å². The largest absolute Gasteiger partial charge is 0.422 e. The zero-order valence-corrected chi connectivity index (χ0v) is 17.3. The molecule has 0 saturated heterocycles. The fourth-order valence-electron chi connectivity index (χ4n) is 3.35. The highest BCUT2D eigenvalue weighted by molar-refractivity contribution is 6.30. The van der Waals surface area contributed by atoms with Crippen molar-refractivity contribution in [1.82, 2.24) is 15.0 Å². The molecular weight excluding hydrogens is 428 g/mol. The number of hydrogen-bond acceptors (Lipinski definition) is 5. The Labute approximate surface area is 186 Å². The lowest BCUT2D eigenvalue weighted by Crippen LogP contribution is -2.20. The number of anilines is 1. The van der Waals surface area contributed by atoms with Gasteiger partial charge in [-0.2, -0.15) is 0 Å². The third-order valence-corrected chi connectivity index (χ3v) is 5.20. The van der Waals surface area contributed by atoms with E-state index < -0.39 is 11.5 Å². The SMILES string of the molecule is O=C(Nc1ccc(-n2nncc2-c2ccc(Cl)cc2)cc1)c1cc2ccccc2oc1=O. The van der Waals surface area contributed by atoms with E-state index >= 15 is 0 Å². The van der Waals surface area contributed by atoms with Gasteiger partial charge in [-0.1, -0.05) is 47.1 Å². The van der Waals surface area contributed by atoms with E-state index in [1.54, 1.807) is 65.5 Å². The molecule has 0 saturated carbocycles. The highest BCUT2D eigenvalue weighted by atomic mass is 35.5. The van der Waals surface area contributed by atoms with Crippen LogP contribution in [0.4, 0.5) is 5.69 Å². The molecule has 32 heavy (non-hydrogen) atoms. The molecule has 8 heteroatoms. The van der Waals surface area contributed by atoms with E-state index in [0.29, 0.717) is 21.7 Å². The molecular formula is C24H15ClN4O3. The van der Waals surface area contributed by atoms with Gasteiger partial charge in [0, 0.05) is 21.7 Å². The van der Waals surface area contributed by atoms with Gasteiger partial charge in [0.05, 0.1) is 17.6 Å². The zero-order chi connectivity index (χ0) is 22.1. The Morgan fingerprint density at radius 3 is 2.50 bits per heavy atom. The number of aromatic nitrogens is 3. The topological polar surface area (TPSA) is 90.0 Å². The molecule has 3 aromatic carbocycles. The third kappa shape index (κ3) is 3.77. The van der Waals surface area contributed by atoms with Crippen LogP contribution in [0.15, 0.2) is 94.3 Å². The quantitative estimate of drug-likeness (QED) is 0.398. The fraction of sp³-hybridized carbons (Fsp3) is 0. The molecule has 7 nitrogen and oxygen atoms in total. The van der Waals surface area contributed by atoms with Gasteiger partial charge in [0.15, 0.2) is 0 Å². The molecule has 2 aromatic heterocycles. The molecule has 0 spiro atoms. The standard InChI is InChI=1S/C24H15ClN4O3/c25-17-7-5-15(6-8-17)21-14-26-28-29(21)19-11-9-18(10-12-19)27-23(30)20-13-16-3-1-2-4-22(16)32-24(20)31/h1-14H,(H,27,30). The second kappa shape index (κ2) is 8.13. The first kappa shape index (κ1) is 19.7. The van der Waals surface area contributed by atoms with E-state index in [0.717, 1.165) is 16.9 Å². The molecule has 0 radical (unpaired) electrons. The van der Waals surface area contributed by atoms with Crippen molar-refractivity contribution in [3.05, 3.63) is 106 Å². The molecule has 0 atom stereocenters. The molecule has 156 valence electrons. The number of nitrogens with zero attached hydrogens (tertiary/aromatic N) is 3. The number of nitrogens with one attached hydrogen (secondary N) is 1. The van der Waals surface area contributed by atoms with E-state index in [1.807, 2.05) is 18.2 Å². The highest BCUT2D eigenvalue weighted by Crippen LogP contribution is 2.24. The van der Waals surface area contributed by atoms with Gasteiger partial charge in [0.2, 0.25) is 0 Å². The first-order valence-corrected chi connectivity index (χ1v) is 10.1. The fourth-order valence-corrected chi connectivity index (χ4v) is 3.47. The Kier molecular flexibility index (Phi) is 5.01. The van der Waals surface area contributed by atoms with Crippen molar-refractivity contribution < 1.29 is 9.21 Å². The maximum atomic E-state index is 12.6. The predicted octanol–water partition coefficient (Wildman–Crippen LogP) is 4.95. The number of amides is 1. The average molecular weight is 443 g/mol. The summed E-state index contributed by atoms with van der Waals surface area (Å²) in [5.41, 5.74) is 2.69. The van der Waals surface area contributed by atoms with Crippen LogP contribution in [-0.4, -0.2) is 20.9 Å². The van der Waals surface area contributed by atoms with Gasteiger partial charge in [-0.15, -0.1) is 5.10 Å². The zero-order valence-electron chi connectivity index (χ0n) is 16.5.